The zero-order valence-corrected chi connectivity index (χ0v) is 25.2. The van der Waals surface area contributed by atoms with E-state index in [0.717, 1.165) is 37.8 Å². The van der Waals surface area contributed by atoms with Crippen LogP contribution in [-0.4, -0.2) is 42.8 Å². The fourth-order valence-electron chi connectivity index (χ4n) is 4.27. The minimum Gasteiger partial charge on any atom is -0.496 e. The van der Waals surface area contributed by atoms with Gasteiger partial charge in [-0.15, -0.1) is 0 Å². The van der Waals surface area contributed by atoms with Crippen molar-refractivity contribution in [3.05, 3.63) is 50.4 Å². The molecule has 5 N–H and O–H groups in total. The number of unbranched alkanes of at least 4 members (excludes halogenated alkanes) is 2. The number of allylic oxidation sites excluding steroid dienone is 2. The molecule has 1 atom stereocenters. The Hall–Kier alpha value is -2.27. The first-order chi connectivity index (χ1) is 18.1. The Balaban J connectivity index is 1.90. The fraction of sp³-hybridized carbons (Fsp3) is 0.593. The molecule has 7 nitrogen and oxygen atoms in total. The average Bonchev–Trinajstić information content (AvgIpc) is 2.82. The van der Waals surface area contributed by atoms with Gasteiger partial charge in [0.1, 0.15) is 16.5 Å². The lowest BCUT2D eigenvalue weighted by molar-refractivity contribution is -0.137. The van der Waals surface area contributed by atoms with E-state index in [-0.39, 0.29) is 23.0 Å². The SMILES string of the molecule is COc1cc(C(F)(F)F)cc(CCCCCC(/C=C(\N)NC2CCCN(C(=O)OC(C)(C)C)C2)=C(/N)Cl)c1Br. The number of carbonyl (C=O) groups excluding carboxylic acids is 1. The highest BCUT2D eigenvalue weighted by atomic mass is 79.9. The van der Waals surface area contributed by atoms with Crippen LogP contribution in [0.3, 0.4) is 0 Å². The minimum atomic E-state index is -4.45. The molecule has 1 amide bonds. The van der Waals surface area contributed by atoms with Crippen molar-refractivity contribution in [1.82, 2.24) is 10.2 Å². The van der Waals surface area contributed by atoms with Crippen LogP contribution in [0, 0.1) is 0 Å². The van der Waals surface area contributed by atoms with Crippen molar-refractivity contribution in [1.29, 1.82) is 0 Å². The van der Waals surface area contributed by atoms with Crippen LogP contribution in [0.2, 0.25) is 0 Å². The predicted molar refractivity (Wildman–Crippen MR) is 151 cm³/mol. The molecule has 1 saturated heterocycles. The number of hydrogen-bond donors (Lipinski definition) is 3. The molecule has 0 saturated carbocycles. The van der Waals surface area contributed by atoms with Crippen LogP contribution in [0.15, 0.2) is 39.2 Å². The molecule has 1 unspecified atom stereocenters. The second-order valence-corrected chi connectivity index (χ2v) is 11.8. The van der Waals surface area contributed by atoms with Gasteiger partial charge in [0.15, 0.2) is 0 Å². The van der Waals surface area contributed by atoms with Gasteiger partial charge in [-0.2, -0.15) is 13.2 Å². The van der Waals surface area contributed by atoms with Gasteiger partial charge in [-0.05, 0) is 105 Å². The average molecular weight is 640 g/mol. The van der Waals surface area contributed by atoms with Crippen molar-refractivity contribution in [3.63, 3.8) is 0 Å². The van der Waals surface area contributed by atoms with E-state index in [2.05, 4.69) is 21.2 Å². The quantitative estimate of drug-likeness (QED) is 0.148. The summed E-state index contributed by atoms with van der Waals surface area (Å²) in [6, 6.07) is 2.10. The number of benzene rings is 1. The lowest BCUT2D eigenvalue weighted by Gasteiger charge is -2.34. The predicted octanol–water partition coefficient (Wildman–Crippen LogP) is 6.78. The van der Waals surface area contributed by atoms with E-state index in [0.29, 0.717) is 53.8 Å². The summed E-state index contributed by atoms with van der Waals surface area (Å²) in [6.07, 6.45) is 1.69. The van der Waals surface area contributed by atoms with E-state index < -0.39 is 17.3 Å². The van der Waals surface area contributed by atoms with E-state index in [1.54, 1.807) is 11.0 Å². The Morgan fingerprint density at radius 1 is 1.23 bits per heavy atom. The molecular weight excluding hydrogens is 601 g/mol. The number of piperidine rings is 1. The molecule has 1 aliphatic rings. The van der Waals surface area contributed by atoms with Gasteiger partial charge in [0.25, 0.3) is 0 Å². The maximum atomic E-state index is 13.2. The summed E-state index contributed by atoms with van der Waals surface area (Å²) < 4.78 is 50.8. The minimum absolute atomic E-state index is 0.0387. The summed E-state index contributed by atoms with van der Waals surface area (Å²) in [7, 11) is 1.34. The number of nitrogens with one attached hydrogen (secondary N) is 1. The lowest BCUT2D eigenvalue weighted by atomic mass is 10.0. The summed E-state index contributed by atoms with van der Waals surface area (Å²) >= 11 is 9.47. The molecule has 1 aromatic rings. The van der Waals surface area contributed by atoms with Crippen molar-refractivity contribution in [2.75, 3.05) is 20.2 Å². The number of methoxy groups -OCH3 is 1. The molecule has 1 aromatic carbocycles. The van der Waals surface area contributed by atoms with Gasteiger partial charge < -0.3 is 31.2 Å². The Morgan fingerprint density at radius 3 is 2.51 bits per heavy atom. The van der Waals surface area contributed by atoms with Crippen LogP contribution >= 0.6 is 27.5 Å². The molecule has 1 aliphatic heterocycles. The van der Waals surface area contributed by atoms with Crippen molar-refractivity contribution in [2.45, 2.75) is 83.5 Å². The molecule has 0 bridgehead atoms. The number of hydrogen-bond acceptors (Lipinski definition) is 6. The van der Waals surface area contributed by atoms with Crippen LogP contribution in [0.4, 0.5) is 18.0 Å². The number of carbonyl (C=O) groups is 1. The van der Waals surface area contributed by atoms with Gasteiger partial charge in [0, 0.05) is 19.1 Å². The Bertz CT molecular complexity index is 1050. The zero-order chi connectivity index (χ0) is 29.4. The summed E-state index contributed by atoms with van der Waals surface area (Å²) in [6.45, 7) is 6.58. The van der Waals surface area contributed by atoms with Crippen LogP contribution in [0.25, 0.3) is 0 Å². The molecule has 12 heteroatoms. The monoisotopic (exact) mass is 638 g/mol. The van der Waals surface area contributed by atoms with Crippen LogP contribution in [0.5, 0.6) is 5.75 Å². The van der Waals surface area contributed by atoms with Gasteiger partial charge >= 0.3 is 12.3 Å². The van der Waals surface area contributed by atoms with E-state index in [1.807, 2.05) is 20.8 Å². The van der Waals surface area contributed by atoms with Crippen molar-refractivity contribution >= 4 is 33.6 Å². The van der Waals surface area contributed by atoms with Crippen LogP contribution < -0.4 is 21.5 Å². The van der Waals surface area contributed by atoms with Crippen molar-refractivity contribution < 1.29 is 27.4 Å². The first kappa shape index (κ1) is 32.9. The molecule has 1 fully saturated rings. The maximum absolute atomic E-state index is 13.2. The standard InChI is InChI=1S/C27H39BrClF3N4O3/c1-26(2,3)39-25(37)36-12-8-11-20(16-36)35-22(33)14-18(24(29)34)10-7-5-6-9-17-13-19(27(30,31)32)15-21(38-4)23(17)28/h13-15,20,35H,5-12,16,33-34H2,1-4H3/b22-14+,24-18-. The number of nitrogens with zero attached hydrogens (tertiary/aromatic N) is 1. The Kier molecular flexibility index (Phi) is 12.2. The fourth-order valence-corrected chi connectivity index (χ4v) is 5.01. The van der Waals surface area contributed by atoms with Gasteiger partial charge in [-0.1, -0.05) is 18.0 Å². The summed E-state index contributed by atoms with van der Waals surface area (Å²) in [4.78, 5) is 14.1. The molecule has 2 rings (SSSR count). The Morgan fingerprint density at radius 2 is 1.92 bits per heavy atom. The second-order valence-electron chi connectivity index (χ2n) is 10.6. The molecule has 0 radical (unpaired) electrons. The summed E-state index contributed by atoms with van der Waals surface area (Å²) in [5.41, 5.74) is 12.0. The molecular formula is C27H39BrClF3N4O3. The number of ether oxygens (including phenoxy) is 2. The second kappa shape index (κ2) is 14.4. The number of likely N-dealkylation sites (tertiary alicyclic amines) is 1. The zero-order valence-electron chi connectivity index (χ0n) is 22.9. The third-order valence-electron chi connectivity index (χ3n) is 6.13. The van der Waals surface area contributed by atoms with Gasteiger partial charge in [-0.25, -0.2) is 4.79 Å². The highest BCUT2D eigenvalue weighted by molar-refractivity contribution is 9.10. The Labute approximate surface area is 242 Å². The molecule has 220 valence electrons. The number of amides is 1. The van der Waals surface area contributed by atoms with E-state index in [1.165, 1.54) is 7.11 Å². The van der Waals surface area contributed by atoms with Crippen molar-refractivity contribution in [3.8, 4) is 5.75 Å². The van der Waals surface area contributed by atoms with E-state index >= 15 is 0 Å². The number of rotatable bonds is 10. The summed E-state index contributed by atoms with van der Waals surface area (Å²) in [5, 5.41) is 3.37. The highest BCUT2D eigenvalue weighted by Gasteiger charge is 2.32. The smallest absolute Gasteiger partial charge is 0.416 e. The molecule has 0 aromatic heterocycles. The third kappa shape index (κ3) is 11.0. The largest absolute Gasteiger partial charge is 0.496 e. The first-order valence-corrected chi connectivity index (χ1v) is 14.1. The number of halogens is 5. The topological polar surface area (TPSA) is 103 Å². The normalized spacial score (nSPS) is 17.5. The number of nitrogens with two attached hydrogens (primary N) is 2. The molecule has 39 heavy (non-hydrogen) atoms. The van der Waals surface area contributed by atoms with Crippen molar-refractivity contribution in [2.24, 2.45) is 11.5 Å². The van der Waals surface area contributed by atoms with E-state index in [4.69, 9.17) is 32.5 Å². The lowest BCUT2D eigenvalue weighted by Crippen LogP contribution is -2.49. The van der Waals surface area contributed by atoms with Gasteiger partial charge in [0.2, 0.25) is 0 Å². The van der Waals surface area contributed by atoms with E-state index in [9.17, 15) is 18.0 Å². The molecule has 0 spiro atoms. The summed E-state index contributed by atoms with van der Waals surface area (Å²) in [5.74, 6) is 0.546. The number of alkyl halides is 3. The number of aryl methyl sites for hydroxylation is 1. The van der Waals surface area contributed by atoms with Crippen LogP contribution in [0.1, 0.15) is 70.4 Å². The van der Waals surface area contributed by atoms with Gasteiger partial charge in [0.05, 0.1) is 23.0 Å². The molecule has 0 aliphatic carbocycles. The van der Waals surface area contributed by atoms with Crippen LogP contribution in [-0.2, 0) is 17.3 Å². The maximum Gasteiger partial charge on any atom is 0.416 e. The first-order valence-electron chi connectivity index (χ1n) is 12.9. The third-order valence-corrected chi connectivity index (χ3v) is 7.28. The molecule has 1 heterocycles. The highest BCUT2D eigenvalue weighted by Crippen LogP contribution is 2.38. The van der Waals surface area contributed by atoms with Gasteiger partial charge in [-0.3, -0.25) is 0 Å².